The molecule has 0 fully saturated rings. The predicted octanol–water partition coefficient (Wildman–Crippen LogP) is 8.69. The zero-order valence-electron chi connectivity index (χ0n) is 17.9. The topological polar surface area (TPSA) is 12.0 Å². The van der Waals surface area contributed by atoms with Gasteiger partial charge in [-0.1, -0.05) is 127 Å². The first-order valence-corrected chi connectivity index (χ1v) is 12.2. The highest BCUT2D eigenvalue weighted by Gasteiger charge is 1.96. The highest BCUT2D eigenvalue weighted by Crippen LogP contribution is 2.13. The minimum atomic E-state index is 0.816. The SMILES string of the molecule is CCCCCCCCCCCCCCCCCCNCc1ccc(Cl)cc1. The van der Waals surface area contributed by atoms with Crippen LogP contribution in [0.15, 0.2) is 24.3 Å². The van der Waals surface area contributed by atoms with Crippen molar-refractivity contribution < 1.29 is 0 Å². The van der Waals surface area contributed by atoms with E-state index in [2.05, 4.69) is 24.4 Å². The average molecular weight is 394 g/mol. The molecule has 156 valence electrons. The second kappa shape index (κ2) is 18.8. The quantitative estimate of drug-likeness (QED) is 0.232. The summed E-state index contributed by atoms with van der Waals surface area (Å²) in [7, 11) is 0. The number of rotatable bonds is 19. The Bertz CT molecular complexity index is 415. The Kier molecular flexibility index (Phi) is 17.1. The van der Waals surface area contributed by atoms with Gasteiger partial charge in [0.2, 0.25) is 0 Å². The minimum absolute atomic E-state index is 0.816. The summed E-state index contributed by atoms with van der Waals surface area (Å²) in [5.74, 6) is 0. The van der Waals surface area contributed by atoms with Crippen LogP contribution in [0.25, 0.3) is 0 Å². The maximum absolute atomic E-state index is 5.90. The van der Waals surface area contributed by atoms with Crippen molar-refractivity contribution in [3.63, 3.8) is 0 Å². The molecule has 0 saturated heterocycles. The molecule has 1 aromatic rings. The molecule has 27 heavy (non-hydrogen) atoms. The molecule has 0 amide bonds. The van der Waals surface area contributed by atoms with Crippen molar-refractivity contribution in [3.8, 4) is 0 Å². The number of unbranched alkanes of at least 4 members (excludes halogenated alkanes) is 15. The smallest absolute Gasteiger partial charge is 0.0406 e. The molecule has 1 nitrogen and oxygen atoms in total. The Morgan fingerprint density at radius 3 is 1.44 bits per heavy atom. The maximum atomic E-state index is 5.90. The monoisotopic (exact) mass is 393 g/mol. The molecule has 0 radical (unpaired) electrons. The zero-order valence-corrected chi connectivity index (χ0v) is 18.7. The number of nitrogens with one attached hydrogen (secondary N) is 1. The van der Waals surface area contributed by atoms with Crippen LogP contribution >= 0.6 is 11.6 Å². The van der Waals surface area contributed by atoms with E-state index in [4.69, 9.17) is 11.6 Å². The van der Waals surface area contributed by atoms with Crippen LogP contribution in [0.3, 0.4) is 0 Å². The van der Waals surface area contributed by atoms with Crippen LogP contribution in [0.4, 0.5) is 0 Å². The van der Waals surface area contributed by atoms with Gasteiger partial charge in [-0.2, -0.15) is 0 Å². The molecule has 1 N–H and O–H groups in total. The Labute approximate surface area is 174 Å². The molecular weight excluding hydrogens is 350 g/mol. The first-order valence-electron chi connectivity index (χ1n) is 11.8. The lowest BCUT2D eigenvalue weighted by Gasteiger charge is -2.06. The molecule has 0 aliphatic heterocycles. The molecule has 0 aliphatic rings. The highest BCUT2D eigenvalue weighted by atomic mass is 35.5. The predicted molar refractivity (Wildman–Crippen MR) is 123 cm³/mol. The van der Waals surface area contributed by atoms with Crippen LogP contribution in [0, 0.1) is 0 Å². The molecule has 2 heteroatoms. The lowest BCUT2D eigenvalue weighted by molar-refractivity contribution is 0.525. The molecule has 1 aromatic carbocycles. The first kappa shape index (κ1) is 24.5. The first-order chi connectivity index (χ1) is 13.3. The molecule has 0 unspecified atom stereocenters. The van der Waals surface area contributed by atoms with Crippen molar-refractivity contribution in [2.75, 3.05) is 6.54 Å². The molecule has 0 heterocycles. The van der Waals surface area contributed by atoms with Gasteiger partial charge in [-0.15, -0.1) is 0 Å². The van der Waals surface area contributed by atoms with Crippen molar-refractivity contribution in [2.24, 2.45) is 0 Å². The summed E-state index contributed by atoms with van der Waals surface area (Å²) in [6.07, 6.45) is 22.9. The Morgan fingerprint density at radius 1 is 0.593 bits per heavy atom. The van der Waals surface area contributed by atoms with Crippen molar-refractivity contribution in [1.82, 2.24) is 5.32 Å². The lowest BCUT2D eigenvalue weighted by atomic mass is 10.0. The number of hydrogen-bond donors (Lipinski definition) is 1. The van der Waals surface area contributed by atoms with Gasteiger partial charge in [0.05, 0.1) is 0 Å². The van der Waals surface area contributed by atoms with Gasteiger partial charge in [0.1, 0.15) is 0 Å². The van der Waals surface area contributed by atoms with Gasteiger partial charge in [0.25, 0.3) is 0 Å². The average Bonchev–Trinajstić information content (AvgIpc) is 2.68. The Balaban J connectivity index is 1.71. The summed E-state index contributed by atoms with van der Waals surface area (Å²) < 4.78 is 0. The summed E-state index contributed by atoms with van der Waals surface area (Å²) in [6, 6.07) is 8.13. The fourth-order valence-corrected chi connectivity index (χ4v) is 3.76. The summed E-state index contributed by atoms with van der Waals surface area (Å²) in [5.41, 5.74) is 1.32. The highest BCUT2D eigenvalue weighted by molar-refractivity contribution is 6.30. The minimum Gasteiger partial charge on any atom is -0.313 e. The lowest BCUT2D eigenvalue weighted by Crippen LogP contribution is -2.14. The van der Waals surface area contributed by atoms with Crippen LogP contribution in [0.2, 0.25) is 5.02 Å². The van der Waals surface area contributed by atoms with Crippen molar-refractivity contribution in [2.45, 2.75) is 116 Å². The summed E-state index contributed by atoms with van der Waals surface area (Å²) in [4.78, 5) is 0. The normalized spacial score (nSPS) is 11.2. The van der Waals surface area contributed by atoms with Crippen LogP contribution in [0.5, 0.6) is 0 Å². The van der Waals surface area contributed by atoms with E-state index < -0.39 is 0 Å². The Hall–Kier alpha value is -0.530. The van der Waals surface area contributed by atoms with Crippen molar-refractivity contribution in [3.05, 3.63) is 34.9 Å². The number of benzene rings is 1. The third-order valence-electron chi connectivity index (χ3n) is 5.45. The fourth-order valence-electron chi connectivity index (χ4n) is 3.63. The van der Waals surface area contributed by atoms with Crippen LogP contribution < -0.4 is 5.32 Å². The second-order valence-corrected chi connectivity index (χ2v) is 8.54. The molecule has 0 bridgehead atoms. The van der Waals surface area contributed by atoms with Gasteiger partial charge in [0, 0.05) is 11.6 Å². The molecule has 0 spiro atoms. The van der Waals surface area contributed by atoms with Gasteiger partial charge >= 0.3 is 0 Å². The largest absolute Gasteiger partial charge is 0.313 e. The van der Waals surface area contributed by atoms with E-state index in [9.17, 15) is 0 Å². The van der Waals surface area contributed by atoms with Gasteiger partial charge < -0.3 is 5.32 Å². The molecule has 0 aliphatic carbocycles. The van der Waals surface area contributed by atoms with E-state index in [0.717, 1.165) is 18.1 Å². The van der Waals surface area contributed by atoms with E-state index in [0.29, 0.717) is 0 Å². The van der Waals surface area contributed by atoms with Gasteiger partial charge in [-0.05, 0) is 30.7 Å². The van der Waals surface area contributed by atoms with E-state index in [1.165, 1.54) is 108 Å². The molecular formula is C25H44ClN. The van der Waals surface area contributed by atoms with Crippen LogP contribution in [-0.4, -0.2) is 6.54 Å². The van der Waals surface area contributed by atoms with E-state index in [-0.39, 0.29) is 0 Å². The van der Waals surface area contributed by atoms with Gasteiger partial charge in [0.15, 0.2) is 0 Å². The summed E-state index contributed by atoms with van der Waals surface area (Å²) in [5, 5.41) is 4.34. The summed E-state index contributed by atoms with van der Waals surface area (Å²) >= 11 is 5.90. The maximum Gasteiger partial charge on any atom is 0.0406 e. The number of hydrogen-bond acceptors (Lipinski definition) is 1. The van der Waals surface area contributed by atoms with E-state index in [1.54, 1.807) is 0 Å². The summed E-state index contributed by atoms with van der Waals surface area (Å²) in [6.45, 7) is 4.37. The van der Waals surface area contributed by atoms with Crippen LogP contribution in [0.1, 0.15) is 115 Å². The van der Waals surface area contributed by atoms with Crippen molar-refractivity contribution >= 4 is 11.6 Å². The van der Waals surface area contributed by atoms with E-state index in [1.807, 2.05) is 12.1 Å². The second-order valence-electron chi connectivity index (χ2n) is 8.11. The number of halogens is 1. The molecule has 0 aromatic heterocycles. The third kappa shape index (κ3) is 16.2. The standard InChI is InChI=1S/C25H44ClN/c1-2-3-4-5-6-7-8-9-10-11-12-13-14-15-16-17-22-27-23-24-18-20-25(26)21-19-24/h18-21,27H,2-17,22-23H2,1H3. The van der Waals surface area contributed by atoms with Gasteiger partial charge in [-0.25, -0.2) is 0 Å². The molecule has 0 saturated carbocycles. The zero-order chi connectivity index (χ0) is 19.4. The Morgan fingerprint density at radius 2 is 1.00 bits per heavy atom. The fraction of sp³-hybridized carbons (Fsp3) is 0.760. The third-order valence-corrected chi connectivity index (χ3v) is 5.70. The van der Waals surface area contributed by atoms with Gasteiger partial charge in [-0.3, -0.25) is 0 Å². The van der Waals surface area contributed by atoms with Crippen molar-refractivity contribution in [1.29, 1.82) is 0 Å². The van der Waals surface area contributed by atoms with Crippen LogP contribution in [-0.2, 0) is 6.54 Å². The van der Waals surface area contributed by atoms with E-state index >= 15 is 0 Å². The molecule has 0 atom stereocenters. The molecule has 1 rings (SSSR count).